The second-order valence-electron chi connectivity index (χ2n) is 4.30. The molecule has 0 unspecified atom stereocenters. The predicted molar refractivity (Wildman–Crippen MR) is 66.9 cm³/mol. The van der Waals surface area contributed by atoms with Crippen molar-refractivity contribution in [1.82, 2.24) is 10.3 Å². The first-order chi connectivity index (χ1) is 8.25. The first kappa shape index (κ1) is 11.9. The fraction of sp³-hybridized carbons (Fsp3) is 0.500. The van der Waals surface area contributed by atoms with Crippen LogP contribution in [-0.2, 0) is 0 Å². The minimum atomic E-state index is -0.494. The van der Waals surface area contributed by atoms with Crippen LogP contribution in [0.15, 0.2) is 18.3 Å². The van der Waals surface area contributed by atoms with Crippen LogP contribution in [0.3, 0.4) is 0 Å². The van der Waals surface area contributed by atoms with Gasteiger partial charge in [0.05, 0.1) is 0 Å². The van der Waals surface area contributed by atoms with Crippen molar-refractivity contribution < 1.29 is 4.79 Å². The molecule has 1 saturated heterocycles. The summed E-state index contributed by atoms with van der Waals surface area (Å²) < 4.78 is 0. The van der Waals surface area contributed by atoms with Crippen LogP contribution in [0, 0.1) is 0 Å². The van der Waals surface area contributed by atoms with Gasteiger partial charge in [-0.3, -0.25) is 9.78 Å². The van der Waals surface area contributed by atoms with Crippen LogP contribution in [0.1, 0.15) is 29.8 Å². The van der Waals surface area contributed by atoms with E-state index >= 15 is 0 Å². The van der Waals surface area contributed by atoms with E-state index in [-0.39, 0.29) is 0 Å². The van der Waals surface area contributed by atoms with E-state index in [1.54, 1.807) is 12.3 Å². The molecule has 5 nitrogen and oxygen atoms in total. The first-order valence-corrected chi connectivity index (χ1v) is 5.99. The highest BCUT2D eigenvalue weighted by Crippen LogP contribution is 2.11. The molecule has 1 atom stereocenters. The lowest BCUT2D eigenvalue weighted by Crippen LogP contribution is -2.24. The molecule has 17 heavy (non-hydrogen) atoms. The number of primary amides is 1. The number of nitrogens with one attached hydrogen (secondary N) is 2. The highest BCUT2D eigenvalue weighted by molar-refractivity contribution is 5.91. The average molecular weight is 234 g/mol. The number of carbonyl (C=O) groups is 1. The number of nitrogens with two attached hydrogens (primary N) is 1. The maximum Gasteiger partial charge on any atom is 0.267 e. The van der Waals surface area contributed by atoms with Gasteiger partial charge in [-0.2, -0.15) is 0 Å². The second kappa shape index (κ2) is 5.63. The first-order valence-electron chi connectivity index (χ1n) is 5.99. The van der Waals surface area contributed by atoms with E-state index in [1.807, 2.05) is 6.07 Å². The molecular weight excluding hydrogens is 216 g/mol. The van der Waals surface area contributed by atoms with Gasteiger partial charge in [0.2, 0.25) is 0 Å². The van der Waals surface area contributed by atoms with Crippen molar-refractivity contribution in [2.45, 2.75) is 25.3 Å². The van der Waals surface area contributed by atoms with E-state index in [1.165, 1.54) is 12.8 Å². The molecule has 1 aliphatic rings. The van der Waals surface area contributed by atoms with Gasteiger partial charge in [-0.05, 0) is 37.9 Å². The van der Waals surface area contributed by atoms with E-state index < -0.39 is 5.91 Å². The Kier molecular flexibility index (Phi) is 3.93. The number of aromatic nitrogens is 1. The lowest BCUT2D eigenvalue weighted by atomic mass is 10.1. The maximum absolute atomic E-state index is 11.0. The number of rotatable bonds is 5. The normalized spacial score (nSPS) is 19.2. The zero-order valence-corrected chi connectivity index (χ0v) is 9.78. The quantitative estimate of drug-likeness (QED) is 0.702. The zero-order chi connectivity index (χ0) is 12.1. The Hall–Kier alpha value is -1.62. The van der Waals surface area contributed by atoms with Gasteiger partial charge < -0.3 is 16.4 Å². The summed E-state index contributed by atoms with van der Waals surface area (Å²) in [5.74, 6) is -0.494. The smallest absolute Gasteiger partial charge is 0.267 e. The highest BCUT2D eigenvalue weighted by atomic mass is 16.1. The van der Waals surface area contributed by atoms with Gasteiger partial charge >= 0.3 is 0 Å². The van der Waals surface area contributed by atoms with E-state index in [9.17, 15) is 4.79 Å². The molecule has 1 fully saturated rings. The molecule has 2 rings (SSSR count). The molecule has 1 aromatic heterocycles. The summed E-state index contributed by atoms with van der Waals surface area (Å²) in [5, 5.41) is 6.73. The zero-order valence-electron chi connectivity index (χ0n) is 9.78. The van der Waals surface area contributed by atoms with Crippen LogP contribution < -0.4 is 16.4 Å². The van der Waals surface area contributed by atoms with Gasteiger partial charge in [0.25, 0.3) is 5.91 Å². The summed E-state index contributed by atoms with van der Waals surface area (Å²) in [6, 6.07) is 4.15. The van der Waals surface area contributed by atoms with Crippen LogP contribution in [-0.4, -0.2) is 30.0 Å². The third kappa shape index (κ3) is 3.42. The van der Waals surface area contributed by atoms with Crippen molar-refractivity contribution in [3.8, 4) is 0 Å². The molecule has 0 aliphatic carbocycles. The molecule has 4 N–H and O–H groups in total. The number of hydrogen-bond donors (Lipinski definition) is 3. The topological polar surface area (TPSA) is 80.0 Å². The van der Waals surface area contributed by atoms with Crippen molar-refractivity contribution in [2.24, 2.45) is 5.73 Å². The second-order valence-corrected chi connectivity index (χ2v) is 4.30. The van der Waals surface area contributed by atoms with E-state index in [0.717, 1.165) is 25.2 Å². The van der Waals surface area contributed by atoms with Crippen molar-refractivity contribution in [2.75, 3.05) is 18.4 Å². The summed E-state index contributed by atoms with van der Waals surface area (Å²) in [5.41, 5.74) is 6.37. The number of amides is 1. The average Bonchev–Trinajstić information content (AvgIpc) is 2.82. The molecule has 1 aliphatic heterocycles. The van der Waals surface area contributed by atoms with Crippen molar-refractivity contribution >= 4 is 11.6 Å². The Morgan fingerprint density at radius 1 is 1.65 bits per heavy atom. The number of nitrogens with zero attached hydrogens (tertiary/aromatic N) is 1. The Bertz CT molecular complexity index is 388. The number of hydrogen-bond acceptors (Lipinski definition) is 4. The van der Waals surface area contributed by atoms with Crippen LogP contribution in [0.25, 0.3) is 0 Å². The van der Waals surface area contributed by atoms with Crippen LogP contribution in [0.5, 0.6) is 0 Å². The van der Waals surface area contributed by atoms with Crippen molar-refractivity contribution in [3.05, 3.63) is 24.0 Å². The minimum absolute atomic E-state index is 0.300. The molecule has 0 radical (unpaired) electrons. The van der Waals surface area contributed by atoms with Crippen molar-refractivity contribution in [3.63, 3.8) is 0 Å². The maximum atomic E-state index is 11.0. The molecule has 5 heteroatoms. The Morgan fingerprint density at radius 2 is 2.53 bits per heavy atom. The monoisotopic (exact) mass is 234 g/mol. The van der Waals surface area contributed by atoms with Gasteiger partial charge in [0.15, 0.2) is 0 Å². The van der Waals surface area contributed by atoms with Crippen LogP contribution in [0.4, 0.5) is 5.69 Å². The summed E-state index contributed by atoms with van der Waals surface area (Å²) >= 11 is 0. The molecule has 92 valence electrons. The standard InChI is InChI=1S/C12H18N4O/c13-12(17)11-8-10(4-7-16-11)15-6-3-9-2-1-5-14-9/h4,7-9,14H,1-3,5-6H2,(H2,13,17)(H,15,16)/t9-/m0/s1. The molecular formula is C12H18N4O. The number of pyridine rings is 1. The largest absolute Gasteiger partial charge is 0.385 e. The van der Waals surface area contributed by atoms with Crippen LogP contribution in [0.2, 0.25) is 0 Å². The summed E-state index contributed by atoms with van der Waals surface area (Å²) in [6.07, 6.45) is 5.21. The fourth-order valence-electron chi connectivity index (χ4n) is 2.07. The molecule has 0 aromatic carbocycles. The molecule has 0 spiro atoms. The Labute approximate surface area is 101 Å². The Morgan fingerprint density at radius 3 is 3.24 bits per heavy atom. The summed E-state index contributed by atoms with van der Waals surface area (Å²) in [6.45, 7) is 2.02. The van der Waals surface area contributed by atoms with Gasteiger partial charge in [-0.1, -0.05) is 0 Å². The fourth-order valence-corrected chi connectivity index (χ4v) is 2.07. The van der Waals surface area contributed by atoms with Gasteiger partial charge in [-0.15, -0.1) is 0 Å². The van der Waals surface area contributed by atoms with E-state index in [0.29, 0.717) is 11.7 Å². The van der Waals surface area contributed by atoms with Gasteiger partial charge in [0.1, 0.15) is 5.69 Å². The third-order valence-electron chi connectivity index (χ3n) is 3.00. The number of carbonyl (C=O) groups excluding carboxylic acids is 1. The molecule has 1 aromatic rings. The Balaban J connectivity index is 1.81. The molecule has 0 bridgehead atoms. The highest BCUT2D eigenvalue weighted by Gasteiger charge is 2.12. The summed E-state index contributed by atoms with van der Waals surface area (Å²) in [4.78, 5) is 14.9. The molecule has 1 amide bonds. The lowest BCUT2D eigenvalue weighted by molar-refractivity contribution is 0.0995. The SMILES string of the molecule is NC(=O)c1cc(NCC[C@@H]2CCCN2)ccn1. The predicted octanol–water partition coefficient (Wildman–Crippen LogP) is 0.734. The molecule has 0 saturated carbocycles. The third-order valence-corrected chi connectivity index (χ3v) is 3.00. The minimum Gasteiger partial charge on any atom is -0.385 e. The summed E-state index contributed by atoms with van der Waals surface area (Å²) in [7, 11) is 0. The van der Waals surface area contributed by atoms with Crippen molar-refractivity contribution in [1.29, 1.82) is 0 Å². The van der Waals surface area contributed by atoms with E-state index in [2.05, 4.69) is 15.6 Å². The van der Waals surface area contributed by atoms with Gasteiger partial charge in [0, 0.05) is 24.5 Å². The molecule has 2 heterocycles. The van der Waals surface area contributed by atoms with Gasteiger partial charge in [-0.25, -0.2) is 0 Å². The van der Waals surface area contributed by atoms with E-state index in [4.69, 9.17) is 5.73 Å². The van der Waals surface area contributed by atoms with Crippen LogP contribution >= 0.6 is 0 Å². The number of anilines is 1. The lowest BCUT2D eigenvalue weighted by Gasteiger charge is -2.11.